The Labute approximate surface area is 221 Å². The van der Waals surface area contributed by atoms with E-state index in [0.717, 1.165) is 0 Å². The molecule has 11 heteroatoms. The molecule has 0 saturated carbocycles. The fourth-order valence-corrected chi connectivity index (χ4v) is 5.74. The Kier molecular flexibility index (Phi) is 8.55. The number of hydrogen-bond donors (Lipinski definition) is 3. The van der Waals surface area contributed by atoms with Gasteiger partial charge in [-0.2, -0.15) is 0 Å². The third-order valence-electron chi connectivity index (χ3n) is 7.42. The summed E-state index contributed by atoms with van der Waals surface area (Å²) in [7, 11) is 5.30. The molecule has 38 heavy (non-hydrogen) atoms. The summed E-state index contributed by atoms with van der Waals surface area (Å²) in [6.07, 6.45) is -0.452. The highest BCUT2D eigenvalue weighted by Gasteiger charge is 2.77. The number of benzene rings is 1. The van der Waals surface area contributed by atoms with Gasteiger partial charge < -0.3 is 25.2 Å². The fourth-order valence-electron chi connectivity index (χ4n) is 5.74. The van der Waals surface area contributed by atoms with Crippen molar-refractivity contribution in [3.05, 3.63) is 47.0 Å². The van der Waals surface area contributed by atoms with Crippen LogP contribution in [0.25, 0.3) is 0 Å². The Morgan fingerprint density at radius 2 is 1.87 bits per heavy atom. The van der Waals surface area contributed by atoms with Crippen molar-refractivity contribution in [3.63, 3.8) is 0 Å². The van der Waals surface area contributed by atoms with Gasteiger partial charge in [0.25, 0.3) is 5.91 Å². The van der Waals surface area contributed by atoms with Crippen LogP contribution in [-0.2, 0) is 45.5 Å². The van der Waals surface area contributed by atoms with Crippen LogP contribution in [0.3, 0.4) is 0 Å². The molecule has 1 heterocycles. The van der Waals surface area contributed by atoms with Crippen molar-refractivity contribution >= 4 is 29.4 Å². The number of hydrogen-bond acceptors (Lipinski definition) is 9. The van der Waals surface area contributed by atoms with Gasteiger partial charge in [-0.05, 0) is 44.5 Å². The van der Waals surface area contributed by atoms with E-state index in [9.17, 15) is 29.1 Å². The first-order chi connectivity index (χ1) is 17.9. The average Bonchev–Trinajstić information content (AvgIpc) is 3.09. The smallest absolute Gasteiger partial charge is 0.305 e. The Balaban J connectivity index is 2.20. The third-order valence-corrected chi connectivity index (χ3v) is 7.42. The maximum atomic E-state index is 14.3. The van der Waals surface area contributed by atoms with E-state index < -0.39 is 58.7 Å². The number of allylic oxidation sites excluding steroid dienone is 1. The molecule has 0 bridgehead atoms. The molecule has 3 rings (SSSR count). The van der Waals surface area contributed by atoms with Crippen LogP contribution < -0.4 is 10.6 Å². The van der Waals surface area contributed by atoms with Crippen LogP contribution in [0.5, 0.6) is 0 Å². The predicted molar refractivity (Wildman–Crippen MR) is 136 cm³/mol. The zero-order valence-electron chi connectivity index (χ0n) is 22.5. The van der Waals surface area contributed by atoms with Crippen LogP contribution in [0.4, 0.5) is 0 Å². The minimum atomic E-state index is -2.31. The van der Waals surface area contributed by atoms with Gasteiger partial charge in [-0.15, -0.1) is 0 Å². The van der Waals surface area contributed by atoms with E-state index in [4.69, 9.17) is 4.74 Å². The van der Waals surface area contributed by atoms with Crippen molar-refractivity contribution in [1.29, 1.82) is 0 Å². The Bertz CT molecular complexity index is 1180. The summed E-state index contributed by atoms with van der Waals surface area (Å²) in [5.41, 5.74) is -3.15. The monoisotopic (exact) mass is 529 g/mol. The first-order valence-corrected chi connectivity index (χ1v) is 12.3. The summed E-state index contributed by atoms with van der Waals surface area (Å²) in [6.45, 7) is 3.41. The molecule has 1 aromatic carbocycles. The second-order valence-corrected chi connectivity index (χ2v) is 9.83. The van der Waals surface area contributed by atoms with E-state index >= 15 is 0 Å². The number of fused-ring (bicyclic) bond motifs is 3. The largest absolute Gasteiger partial charge is 0.469 e. The van der Waals surface area contributed by atoms with E-state index in [-0.39, 0.29) is 24.8 Å². The van der Waals surface area contributed by atoms with Crippen molar-refractivity contribution < 1.29 is 38.6 Å². The third kappa shape index (κ3) is 4.44. The number of nitrogens with zero attached hydrogens (tertiary/aromatic N) is 1. The average molecular weight is 530 g/mol. The Hall–Kier alpha value is -3.41. The number of Topliss-reactive ketones (excluding diaryl/α,β-unsaturated/α-hetero) is 1. The van der Waals surface area contributed by atoms with Crippen LogP contribution in [0.1, 0.15) is 37.8 Å². The highest BCUT2D eigenvalue weighted by atomic mass is 16.5. The zero-order valence-corrected chi connectivity index (χ0v) is 22.5. The highest BCUT2D eigenvalue weighted by molar-refractivity contribution is 6.16. The molecule has 206 valence electrons. The lowest BCUT2D eigenvalue weighted by Gasteiger charge is -2.47. The number of ketones is 2. The SMILES string of the molecule is CNC(=O)[C@H]1[C@@H](OC)C2(O)c3ccccc3CC(=O)[C@@]2(C(=O)N[C@@H](CCC(=O)OC)C(=O)C=C(C)C)N1C. The van der Waals surface area contributed by atoms with E-state index in [1.54, 1.807) is 38.1 Å². The van der Waals surface area contributed by atoms with Gasteiger partial charge in [0.2, 0.25) is 5.91 Å². The second kappa shape index (κ2) is 11.1. The summed E-state index contributed by atoms with van der Waals surface area (Å²) in [5, 5.41) is 17.6. The fraction of sp³-hybridized carbons (Fsp3) is 0.519. The molecule has 1 aliphatic heterocycles. The molecular formula is C27H35N3O8. The van der Waals surface area contributed by atoms with Crippen LogP contribution in [0, 0.1) is 0 Å². The molecule has 0 spiro atoms. The van der Waals surface area contributed by atoms with Gasteiger partial charge in [-0.25, -0.2) is 0 Å². The molecule has 1 saturated heterocycles. The van der Waals surface area contributed by atoms with Gasteiger partial charge in [0.1, 0.15) is 12.1 Å². The number of rotatable bonds is 9. The molecule has 5 atom stereocenters. The van der Waals surface area contributed by atoms with Crippen LogP contribution >= 0.6 is 0 Å². The summed E-state index contributed by atoms with van der Waals surface area (Å²) in [5.74, 6) is -3.27. The van der Waals surface area contributed by atoms with Gasteiger partial charge >= 0.3 is 5.97 Å². The van der Waals surface area contributed by atoms with Gasteiger partial charge in [0.05, 0.1) is 13.2 Å². The first-order valence-electron chi connectivity index (χ1n) is 12.3. The predicted octanol–water partition coefficient (Wildman–Crippen LogP) is -0.213. The van der Waals surface area contributed by atoms with Crippen LogP contribution in [-0.4, -0.2) is 91.4 Å². The Morgan fingerprint density at radius 3 is 2.45 bits per heavy atom. The summed E-state index contributed by atoms with van der Waals surface area (Å²) in [4.78, 5) is 67.4. The molecule has 0 radical (unpaired) electrons. The molecular weight excluding hydrogens is 494 g/mol. The summed E-state index contributed by atoms with van der Waals surface area (Å²) in [6, 6.07) is 4.21. The Morgan fingerprint density at radius 1 is 1.21 bits per heavy atom. The molecule has 2 aliphatic rings. The number of methoxy groups -OCH3 is 2. The van der Waals surface area contributed by atoms with Crippen LogP contribution in [0.2, 0.25) is 0 Å². The van der Waals surface area contributed by atoms with Crippen molar-refractivity contribution in [1.82, 2.24) is 15.5 Å². The first kappa shape index (κ1) is 29.2. The van der Waals surface area contributed by atoms with Gasteiger partial charge in [0.15, 0.2) is 22.7 Å². The number of nitrogens with one attached hydrogen (secondary N) is 2. The summed E-state index contributed by atoms with van der Waals surface area (Å²) >= 11 is 0. The second-order valence-electron chi connectivity index (χ2n) is 9.83. The lowest BCUT2D eigenvalue weighted by molar-refractivity contribution is -0.170. The number of likely N-dealkylation sites (N-methyl/N-ethyl adjacent to an activating group) is 2. The normalized spacial score (nSPS) is 27.0. The minimum absolute atomic E-state index is 0.101. The van der Waals surface area contributed by atoms with E-state index in [1.165, 1.54) is 39.3 Å². The standard InChI is InChI=1S/C27H35N3O8/c1-15(2)13-19(31)18(11-12-21(33)37-5)29-25(35)26-20(32)14-16-9-7-8-10-17(16)27(26,36)23(38-6)22(30(26)4)24(34)28-3/h7-10,13,18,22-23,36H,11-12,14H2,1-6H3,(H,28,34)(H,29,35)/t18-,22+,23+,26-,27?/m0/s1. The van der Waals surface area contributed by atoms with Gasteiger partial charge in [-0.3, -0.25) is 28.9 Å². The lowest BCUT2D eigenvalue weighted by atomic mass is 9.64. The van der Waals surface area contributed by atoms with E-state index in [2.05, 4.69) is 15.4 Å². The molecule has 1 aliphatic carbocycles. The van der Waals surface area contributed by atoms with Crippen LogP contribution in [0.15, 0.2) is 35.9 Å². The number of aliphatic hydroxyl groups is 1. The molecule has 11 nitrogen and oxygen atoms in total. The maximum Gasteiger partial charge on any atom is 0.305 e. The number of amides is 2. The zero-order chi connectivity index (χ0) is 28.4. The number of likely N-dealkylation sites (tertiary alicyclic amines) is 1. The molecule has 1 fully saturated rings. The molecule has 0 aromatic heterocycles. The molecule has 3 N–H and O–H groups in total. The molecule has 2 amide bonds. The van der Waals surface area contributed by atoms with Gasteiger partial charge in [-0.1, -0.05) is 29.8 Å². The van der Waals surface area contributed by atoms with E-state index in [1.807, 2.05) is 0 Å². The van der Waals surface area contributed by atoms with E-state index in [0.29, 0.717) is 11.1 Å². The van der Waals surface area contributed by atoms with Crippen molar-refractivity contribution in [2.45, 2.75) is 62.4 Å². The molecule has 1 unspecified atom stereocenters. The quantitative estimate of drug-likeness (QED) is 0.224. The van der Waals surface area contributed by atoms with Crippen molar-refractivity contribution in [2.75, 3.05) is 28.3 Å². The number of carbonyl (C=O) groups excluding carboxylic acids is 5. The summed E-state index contributed by atoms with van der Waals surface area (Å²) < 4.78 is 10.3. The number of carbonyl (C=O) groups is 5. The topological polar surface area (TPSA) is 151 Å². The van der Waals surface area contributed by atoms with Crippen molar-refractivity contribution in [3.8, 4) is 0 Å². The number of ether oxygens (including phenoxy) is 2. The lowest BCUT2D eigenvalue weighted by Crippen LogP contribution is -2.73. The highest BCUT2D eigenvalue weighted by Crippen LogP contribution is 2.54. The molecule has 1 aromatic rings. The maximum absolute atomic E-state index is 14.3. The minimum Gasteiger partial charge on any atom is -0.469 e. The van der Waals surface area contributed by atoms with Crippen molar-refractivity contribution in [2.24, 2.45) is 0 Å². The number of esters is 1. The van der Waals surface area contributed by atoms with Gasteiger partial charge in [0, 0.05) is 27.0 Å².